The van der Waals surface area contributed by atoms with Gasteiger partial charge in [0.05, 0.1) is 23.3 Å². The molecule has 7 heteroatoms. The lowest BCUT2D eigenvalue weighted by atomic mass is 10.4. The first-order chi connectivity index (χ1) is 8.67. The van der Waals surface area contributed by atoms with Crippen molar-refractivity contribution in [3.63, 3.8) is 0 Å². The molecular weight excluding hydrogens is 294 g/mol. The maximum Gasteiger partial charge on any atom is 0.232 e. The fourth-order valence-corrected chi connectivity index (χ4v) is 3.49. The lowest BCUT2D eigenvalue weighted by Crippen LogP contribution is -2.37. The van der Waals surface area contributed by atoms with Gasteiger partial charge in [-0.3, -0.25) is 4.79 Å². The minimum Gasteiger partial charge on any atom is -0.395 e. The summed E-state index contributed by atoms with van der Waals surface area (Å²) in [5, 5.41) is 17.6. The number of hydrogen-bond donors (Lipinski definition) is 2. The molecule has 1 amide bonds. The van der Waals surface area contributed by atoms with E-state index in [1.165, 1.54) is 28.0 Å². The highest BCUT2D eigenvalue weighted by molar-refractivity contribution is 7.99. The van der Waals surface area contributed by atoms with Crippen molar-refractivity contribution < 1.29 is 15.0 Å². The van der Waals surface area contributed by atoms with Gasteiger partial charge in [0.15, 0.2) is 0 Å². The molecule has 0 aliphatic carbocycles. The number of thioether (sulfide) groups is 1. The van der Waals surface area contributed by atoms with Gasteiger partial charge in [0.25, 0.3) is 0 Å². The van der Waals surface area contributed by atoms with E-state index < -0.39 is 0 Å². The van der Waals surface area contributed by atoms with Crippen LogP contribution in [0.3, 0.4) is 0 Å². The second-order valence-electron chi connectivity index (χ2n) is 3.53. The summed E-state index contributed by atoms with van der Waals surface area (Å²) in [7, 11) is 0. The number of carbonyl (C=O) groups excluding carboxylic acids is 1. The molecule has 0 saturated carbocycles. The molecule has 1 rings (SSSR count). The third-order valence-corrected chi connectivity index (χ3v) is 4.57. The molecule has 1 heterocycles. The van der Waals surface area contributed by atoms with Gasteiger partial charge in [0.2, 0.25) is 5.91 Å². The number of carbonyl (C=O) groups is 1. The van der Waals surface area contributed by atoms with Crippen LogP contribution in [-0.2, 0) is 10.5 Å². The Morgan fingerprint density at radius 2 is 2.00 bits per heavy atom. The van der Waals surface area contributed by atoms with Crippen molar-refractivity contribution in [3.8, 4) is 0 Å². The minimum absolute atomic E-state index is 0.0641. The van der Waals surface area contributed by atoms with E-state index in [2.05, 4.69) is 0 Å². The quantitative estimate of drug-likeness (QED) is 0.763. The van der Waals surface area contributed by atoms with Crippen LogP contribution in [0, 0.1) is 0 Å². The summed E-state index contributed by atoms with van der Waals surface area (Å²) < 4.78 is 0.749. The Hall–Kier alpha value is -0.270. The molecule has 1 aromatic heterocycles. The standard InChI is InChI=1S/C11H16ClNO3S2/c12-10-2-1-9(18-10)7-17-8-11(16)13(3-5-14)4-6-15/h1-2,14-15H,3-8H2. The molecule has 0 saturated heterocycles. The van der Waals surface area contributed by atoms with Gasteiger partial charge in [0, 0.05) is 23.7 Å². The average Bonchev–Trinajstić information content (AvgIpc) is 2.75. The molecule has 0 aliphatic heterocycles. The maximum absolute atomic E-state index is 11.8. The lowest BCUT2D eigenvalue weighted by molar-refractivity contribution is -0.129. The molecule has 102 valence electrons. The van der Waals surface area contributed by atoms with Gasteiger partial charge in [-0.2, -0.15) is 0 Å². The molecule has 0 aliphatic rings. The fourth-order valence-electron chi connectivity index (χ4n) is 1.36. The second-order valence-corrected chi connectivity index (χ2v) is 6.31. The van der Waals surface area contributed by atoms with Crippen molar-refractivity contribution in [2.45, 2.75) is 5.75 Å². The van der Waals surface area contributed by atoms with E-state index in [1.807, 2.05) is 12.1 Å². The molecule has 1 aromatic rings. The van der Waals surface area contributed by atoms with E-state index in [4.69, 9.17) is 21.8 Å². The molecule has 0 spiro atoms. The summed E-state index contributed by atoms with van der Waals surface area (Å²) in [6, 6.07) is 3.79. The Morgan fingerprint density at radius 1 is 1.33 bits per heavy atom. The summed E-state index contributed by atoms with van der Waals surface area (Å²) in [6.45, 7) is 0.365. The molecule has 0 aromatic carbocycles. The number of rotatable bonds is 8. The van der Waals surface area contributed by atoms with Crippen molar-refractivity contribution in [1.29, 1.82) is 0 Å². The molecule has 0 fully saturated rings. The van der Waals surface area contributed by atoms with Crippen LogP contribution in [0.1, 0.15) is 4.88 Å². The van der Waals surface area contributed by atoms with Crippen LogP contribution in [0.2, 0.25) is 4.34 Å². The smallest absolute Gasteiger partial charge is 0.232 e. The molecule has 0 radical (unpaired) electrons. The second kappa shape index (κ2) is 8.77. The number of amides is 1. The van der Waals surface area contributed by atoms with Gasteiger partial charge in [-0.15, -0.1) is 23.1 Å². The summed E-state index contributed by atoms with van der Waals surface area (Å²) in [5.41, 5.74) is 0. The van der Waals surface area contributed by atoms with E-state index in [0.29, 0.717) is 5.75 Å². The van der Waals surface area contributed by atoms with Crippen molar-refractivity contribution in [3.05, 3.63) is 21.3 Å². The topological polar surface area (TPSA) is 60.8 Å². The minimum atomic E-state index is -0.0864. The van der Waals surface area contributed by atoms with Crippen molar-refractivity contribution in [1.82, 2.24) is 4.90 Å². The van der Waals surface area contributed by atoms with Crippen LogP contribution in [-0.4, -0.2) is 53.1 Å². The zero-order valence-electron chi connectivity index (χ0n) is 9.84. The third-order valence-electron chi connectivity index (χ3n) is 2.19. The highest BCUT2D eigenvalue weighted by Gasteiger charge is 2.12. The molecule has 0 bridgehead atoms. The first-order valence-electron chi connectivity index (χ1n) is 5.49. The number of thiophene rings is 1. The predicted octanol–water partition coefficient (Wildman–Crippen LogP) is 1.45. The third kappa shape index (κ3) is 5.58. The lowest BCUT2D eigenvalue weighted by Gasteiger charge is -2.20. The van der Waals surface area contributed by atoms with E-state index in [-0.39, 0.29) is 32.2 Å². The van der Waals surface area contributed by atoms with Gasteiger partial charge >= 0.3 is 0 Å². The highest BCUT2D eigenvalue weighted by Crippen LogP contribution is 2.25. The number of hydrogen-bond acceptors (Lipinski definition) is 5. The van der Waals surface area contributed by atoms with Crippen LogP contribution in [0.4, 0.5) is 0 Å². The Labute approximate surface area is 120 Å². The summed E-state index contributed by atoms with van der Waals surface area (Å²) >= 11 is 8.83. The number of aliphatic hydroxyl groups is 2. The monoisotopic (exact) mass is 309 g/mol. The van der Waals surface area contributed by atoms with E-state index >= 15 is 0 Å². The van der Waals surface area contributed by atoms with Gasteiger partial charge < -0.3 is 15.1 Å². The molecule has 2 N–H and O–H groups in total. The molecular formula is C11H16ClNO3S2. The maximum atomic E-state index is 11.8. The summed E-state index contributed by atoms with van der Waals surface area (Å²) in [4.78, 5) is 14.4. The Bertz CT molecular complexity index is 367. The van der Waals surface area contributed by atoms with Gasteiger partial charge in [0.1, 0.15) is 0 Å². The van der Waals surface area contributed by atoms with Gasteiger partial charge in [-0.25, -0.2) is 0 Å². The van der Waals surface area contributed by atoms with Crippen LogP contribution >= 0.6 is 34.7 Å². The van der Waals surface area contributed by atoms with E-state index in [0.717, 1.165) is 15.0 Å². The molecule has 18 heavy (non-hydrogen) atoms. The predicted molar refractivity (Wildman–Crippen MR) is 76.2 cm³/mol. The first kappa shape index (κ1) is 15.8. The number of nitrogens with zero attached hydrogens (tertiary/aromatic N) is 1. The number of aliphatic hydroxyl groups excluding tert-OH is 2. The molecule has 4 nitrogen and oxygen atoms in total. The van der Waals surface area contributed by atoms with Gasteiger partial charge in [-0.05, 0) is 12.1 Å². The van der Waals surface area contributed by atoms with Crippen molar-refractivity contribution in [2.24, 2.45) is 0 Å². The SMILES string of the molecule is O=C(CSCc1ccc(Cl)s1)N(CCO)CCO. The fraction of sp³-hybridized carbons (Fsp3) is 0.545. The number of halogens is 1. The first-order valence-corrected chi connectivity index (χ1v) is 7.83. The summed E-state index contributed by atoms with van der Waals surface area (Å²) in [5.74, 6) is 1.02. The Kier molecular flexibility index (Phi) is 7.69. The van der Waals surface area contributed by atoms with Crippen LogP contribution in [0.15, 0.2) is 12.1 Å². The highest BCUT2D eigenvalue weighted by atomic mass is 35.5. The Morgan fingerprint density at radius 3 is 2.50 bits per heavy atom. The van der Waals surface area contributed by atoms with Crippen LogP contribution in [0.25, 0.3) is 0 Å². The van der Waals surface area contributed by atoms with Crippen LogP contribution in [0.5, 0.6) is 0 Å². The molecule has 0 atom stereocenters. The van der Waals surface area contributed by atoms with E-state index in [9.17, 15) is 4.79 Å². The summed E-state index contributed by atoms with van der Waals surface area (Å²) in [6.07, 6.45) is 0. The normalized spacial score (nSPS) is 10.6. The average molecular weight is 310 g/mol. The van der Waals surface area contributed by atoms with Crippen molar-refractivity contribution >= 4 is 40.6 Å². The molecule has 0 unspecified atom stereocenters. The zero-order valence-corrected chi connectivity index (χ0v) is 12.2. The van der Waals surface area contributed by atoms with Crippen LogP contribution < -0.4 is 0 Å². The van der Waals surface area contributed by atoms with Crippen molar-refractivity contribution in [2.75, 3.05) is 32.1 Å². The Balaban J connectivity index is 2.30. The van der Waals surface area contributed by atoms with E-state index in [1.54, 1.807) is 0 Å². The largest absolute Gasteiger partial charge is 0.395 e. The zero-order chi connectivity index (χ0) is 13.4. The van der Waals surface area contributed by atoms with Gasteiger partial charge in [-0.1, -0.05) is 11.6 Å².